The van der Waals surface area contributed by atoms with Crippen molar-refractivity contribution in [1.29, 1.82) is 0 Å². The van der Waals surface area contributed by atoms with Crippen LogP contribution in [0, 0.1) is 0 Å². The number of nitrogens with zero attached hydrogens (tertiary/aromatic N) is 3. The number of fused-ring (bicyclic) bond motifs is 1. The molecule has 1 unspecified atom stereocenters. The molecule has 0 radical (unpaired) electrons. The molecule has 0 saturated heterocycles. The first-order valence-electron chi connectivity index (χ1n) is 5.43. The second kappa shape index (κ2) is 4.18. The van der Waals surface area contributed by atoms with Gasteiger partial charge in [-0.25, -0.2) is 9.50 Å². The van der Waals surface area contributed by atoms with Gasteiger partial charge in [0.2, 0.25) is 0 Å². The predicted octanol–water partition coefficient (Wildman–Crippen LogP) is 2.96. The molecule has 0 amide bonds. The zero-order valence-electron chi connectivity index (χ0n) is 9.37. The minimum atomic E-state index is 0.253. The third kappa shape index (κ3) is 1.89. The van der Waals surface area contributed by atoms with Gasteiger partial charge in [0.05, 0.1) is 12.2 Å². The zero-order valence-corrected chi connectivity index (χ0v) is 10.2. The van der Waals surface area contributed by atoms with Crippen LogP contribution in [0.25, 0.3) is 5.52 Å². The van der Waals surface area contributed by atoms with E-state index in [2.05, 4.69) is 39.8 Å². The van der Waals surface area contributed by atoms with Crippen molar-refractivity contribution in [3.63, 3.8) is 0 Å². The lowest BCUT2D eigenvalue weighted by molar-refractivity contribution is 0.884. The number of hydrogen-bond donors (Lipinski definition) is 1. The van der Waals surface area contributed by atoms with Crippen molar-refractivity contribution >= 4 is 22.7 Å². The Kier molecular flexibility index (Phi) is 2.53. The summed E-state index contributed by atoms with van der Waals surface area (Å²) in [5.74, 6) is 0.867. The van der Waals surface area contributed by atoms with Gasteiger partial charge >= 0.3 is 0 Å². The van der Waals surface area contributed by atoms with E-state index in [1.807, 2.05) is 16.8 Å². The molecule has 3 aromatic rings. The first-order valence-corrected chi connectivity index (χ1v) is 6.31. The first-order chi connectivity index (χ1) is 8.34. The van der Waals surface area contributed by atoms with Crippen molar-refractivity contribution in [2.24, 2.45) is 0 Å². The highest BCUT2D eigenvalue weighted by atomic mass is 32.1. The highest BCUT2D eigenvalue weighted by molar-refractivity contribution is 7.10. The van der Waals surface area contributed by atoms with E-state index in [9.17, 15) is 0 Å². The standard InChI is InChI=1S/C12H12N4S/c1-9(11-3-2-8-17-11)15-12-10-4-5-14-16(10)7-6-13-12/h2-9H,1H3,(H,13,15). The summed E-state index contributed by atoms with van der Waals surface area (Å²) in [5.41, 5.74) is 0.996. The van der Waals surface area contributed by atoms with E-state index < -0.39 is 0 Å². The molecule has 0 aromatic carbocycles. The molecular weight excluding hydrogens is 232 g/mol. The van der Waals surface area contributed by atoms with Crippen LogP contribution in [-0.4, -0.2) is 14.6 Å². The number of anilines is 1. The van der Waals surface area contributed by atoms with Crippen LogP contribution in [-0.2, 0) is 0 Å². The summed E-state index contributed by atoms with van der Waals surface area (Å²) in [6.45, 7) is 2.13. The molecule has 3 heterocycles. The Balaban J connectivity index is 1.92. The van der Waals surface area contributed by atoms with E-state index in [-0.39, 0.29) is 6.04 Å². The molecule has 0 saturated carbocycles. The Bertz CT molecular complexity index is 614. The average molecular weight is 244 g/mol. The maximum absolute atomic E-state index is 4.36. The van der Waals surface area contributed by atoms with Gasteiger partial charge < -0.3 is 5.32 Å². The van der Waals surface area contributed by atoms with E-state index in [4.69, 9.17) is 0 Å². The average Bonchev–Trinajstić information content (AvgIpc) is 3.00. The van der Waals surface area contributed by atoms with Crippen LogP contribution in [0.3, 0.4) is 0 Å². The highest BCUT2D eigenvalue weighted by Crippen LogP contribution is 2.23. The summed E-state index contributed by atoms with van der Waals surface area (Å²) < 4.78 is 1.82. The molecule has 5 heteroatoms. The minimum Gasteiger partial charge on any atom is -0.361 e. The largest absolute Gasteiger partial charge is 0.361 e. The summed E-state index contributed by atoms with van der Waals surface area (Å²) in [6.07, 6.45) is 5.37. The molecular formula is C12H12N4S. The summed E-state index contributed by atoms with van der Waals surface area (Å²) in [7, 11) is 0. The molecule has 17 heavy (non-hydrogen) atoms. The molecule has 3 rings (SSSR count). The van der Waals surface area contributed by atoms with Gasteiger partial charge in [-0.1, -0.05) is 6.07 Å². The normalized spacial score (nSPS) is 12.8. The highest BCUT2D eigenvalue weighted by Gasteiger charge is 2.09. The fraction of sp³-hybridized carbons (Fsp3) is 0.167. The maximum atomic E-state index is 4.36. The monoisotopic (exact) mass is 244 g/mol. The van der Waals surface area contributed by atoms with Gasteiger partial charge in [0, 0.05) is 17.3 Å². The van der Waals surface area contributed by atoms with Crippen molar-refractivity contribution in [3.8, 4) is 0 Å². The van der Waals surface area contributed by atoms with Gasteiger partial charge in [0.1, 0.15) is 5.52 Å². The van der Waals surface area contributed by atoms with Crippen LogP contribution >= 0.6 is 11.3 Å². The van der Waals surface area contributed by atoms with Crippen molar-refractivity contribution in [1.82, 2.24) is 14.6 Å². The maximum Gasteiger partial charge on any atom is 0.152 e. The molecule has 0 bridgehead atoms. The van der Waals surface area contributed by atoms with E-state index in [1.165, 1.54) is 4.88 Å². The molecule has 86 valence electrons. The second-order valence-electron chi connectivity index (χ2n) is 3.82. The predicted molar refractivity (Wildman–Crippen MR) is 69.3 cm³/mol. The van der Waals surface area contributed by atoms with Crippen LogP contribution in [0.15, 0.2) is 42.2 Å². The van der Waals surface area contributed by atoms with Crippen molar-refractivity contribution < 1.29 is 0 Å². The van der Waals surface area contributed by atoms with Gasteiger partial charge in [0.25, 0.3) is 0 Å². The Morgan fingerprint density at radius 3 is 3.12 bits per heavy atom. The SMILES string of the molecule is CC(Nc1nccn2nccc12)c1cccs1. The van der Waals surface area contributed by atoms with Crippen LogP contribution in [0.4, 0.5) is 5.82 Å². The van der Waals surface area contributed by atoms with Crippen LogP contribution < -0.4 is 5.32 Å². The zero-order chi connectivity index (χ0) is 11.7. The van der Waals surface area contributed by atoms with Gasteiger partial charge in [-0.2, -0.15) is 5.10 Å². The number of hydrogen-bond acceptors (Lipinski definition) is 4. The Hall–Kier alpha value is -1.88. The van der Waals surface area contributed by atoms with E-state index in [1.54, 1.807) is 23.7 Å². The van der Waals surface area contributed by atoms with Gasteiger partial charge in [-0.3, -0.25) is 0 Å². The lowest BCUT2D eigenvalue weighted by Gasteiger charge is -2.13. The van der Waals surface area contributed by atoms with Gasteiger partial charge in [-0.15, -0.1) is 11.3 Å². The Morgan fingerprint density at radius 2 is 2.29 bits per heavy atom. The summed E-state index contributed by atoms with van der Waals surface area (Å²) in [6, 6.07) is 6.39. The van der Waals surface area contributed by atoms with Crippen molar-refractivity contribution in [2.45, 2.75) is 13.0 Å². The first kappa shape index (κ1) is 10.3. The summed E-state index contributed by atoms with van der Waals surface area (Å²) in [5, 5.41) is 9.68. The minimum absolute atomic E-state index is 0.253. The number of aromatic nitrogens is 3. The lowest BCUT2D eigenvalue weighted by Crippen LogP contribution is -2.07. The smallest absolute Gasteiger partial charge is 0.152 e. The van der Waals surface area contributed by atoms with E-state index >= 15 is 0 Å². The number of nitrogens with one attached hydrogen (secondary N) is 1. The second-order valence-corrected chi connectivity index (χ2v) is 4.80. The molecule has 0 aliphatic heterocycles. The van der Waals surface area contributed by atoms with Crippen LogP contribution in [0.2, 0.25) is 0 Å². The molecule has 0 aliphatic carbocycles. The fourth-order valence-corrected chi connectivity index (χ4v) is 2.52. The molecule has 0 spiro atoms. The number of thiophene rings is 1. The van der Waals surface area contributed by atoms with E-state index in [0.717, 1.165) is 11.3 Å². The lowest BCUT2D eigenvalue weighted by atomic mass is 10.2. The molecule has 4 nitrogen and oxygen atoms in total. The molecule has 0 aliphatic rings. The number of rotatable bonds is 3. The quantitative estimate of drug-likeness (QED) is 0.770. The van der Waals surface area contributed by atoms with Crippen molar-refractivity contribution in [3.05, 3.63) is 47.0 Å². The third-order valence-corrected chi connectivity index (χ3v) is 3.70. The summed E-state index contributed by atoms with van der Waals surface area (Å²) in [4.78, 5) is 5.66. The van der Waals surface area contributed by atoms with Crippen LogP contribution in [0.5, 0.6) is 0 Å². The molecule has 1 atom stereocenters. The van der Waals surface area contributed by atoms with Crippen molar-refractivity contribution in [2.75, 3.05) is 5.32 Å². The molecule has 0 fully saturated rings. The molecule has 1 N–H and O–H groups in total. The third-order valence-electron chi connectivity index (χ3n) is 2.65. The van der Waals surface area contributed by atoms with Gasteiger partial charge in [0.15, 0.2) is 5.82 Å². The van der Waals surface area contributed by atoms with Crippen LogP contribution in [0.1, 0.15) is 17.8 Å². The van der Waals surface area contributed by atoms with Gasteiger partial charge in [-0.05, 0) is 24.4 Å². The fourth-order valence-electron chi connectivity index (χ4n) is 1.78. The topological polar surface area (TPSA) is 42.2 Å². The Labute approximate surface area is 103 Å². The summed E-state index contributed by atoms with van der Waals surface area (Å²) >= 11 is 1.75. The van der Waals surface area contributed by atoms with E-state index in [0.29, 0.717) is 0 Å². The molecule has 3 aromatic heterocycles. The Morgan fingerprint density at radius 1 is 1.35 bits per heavy atom.